The molecule has 0 spiro atoms. The van der Waals surface area contributed by atoms with E-state index in [-0.39, 0.29) is 5.97 Å². The third-order valence-corrected chi connectivity index (χ3v) is 3.39. The third kappa shape index (κ3) is 4.15. The molecule has 2 N–H and O–H groups in total. The summed E-state index contributed by atoms with van der Waals surface area (Å²) >= 11 is 0. The molecule has 0 amide bonds. The van der Waals surface area contributed by atoms with Crippen LogP contribution in [0.25, 0.3) is 0 Å². The highest BCUT2D eigenvalue weighted by Gasteiger charge is 2.16. The first kappa shape index (κ1) is 16.3. The van der Waals surface area contributed by atoms with Crippen molar-refractivity contribution in [3.05, 3.63) is 23.8 Å². The summed E-state index contributed by atoms with van der Waals surface area (Å²) in [6.07, 6.45) is 3.50. The van der Waals surface area contributed by atoms with Gasteiger partial charge in [0, 0.05) is 12.6 Å². The maximum Gasteiger partial charge on any atom is 0.337 e. The standard InChI is InChI=1S/C16H26N2O2/c1-5-6-7-10-18(12(2)3)15-11-13(16(19)20-4)8-9-14(15)17/h8-9,11-12H,5-7,10,17H2,1-4H3. The van der Waals surface area contributed by atoms with Crippen LogP contribution >= 0.6 is 0 Å². The number of methoxy groups -OCH3 is 1. The van der Waals surface area contributed by atoms with Crippen molar-refractivity contribution >= 4 is 17.3 Å². The van der Waals surface area contributed by atoms with Crippen LogP contribution in [-0.2, 0) is 4.74 Å². The summed E-state index contributed by atoms with van der Waals surface area (Å²) in [5.74, 6) is -0.330. The zero-order valence-corrected chi connectivity index (χ0v) is 13.0. The van der Waals surface area contributed by atoms with Crippen LogP contribution in [-0.4, -0.2) is 25.7 Å². The Balaban J connectivity index is 3.02. The second kappa shape index (κ2) is 7.78. The molecule has 1 aromatic carbocycles. The number of unbranched alkanes of at least 4 members (excludes halogenated alkanes) is 2. The van der Waals surface area contributed by atoms with Gasteiger partial charge in [-0.05, 0) is 38.5 Å². The van der Waals surface area contributed by atoms with Crippen molar-refractivity contribution in [2.45, 2.75) is 46.1 Å². The van der Waals surface area contributed by atoms with Crippen molar-refractivity contribution in [2.75, 3.05) is 24.3 Å². The van der Waals surface area contributed by atoms with Gasteiger partial charge < -0.3 is 15.4 Å². The summed E-state index contributed by atoms with van der Waals surface area (Å²) in [5.41, 5.74) is 8.23. The Kier molecular flexibility index (Phi) is 6.36. The van der Waals surface area contributed by atoms with E-state index in [1.54, 1.807) is 12.1 Å². The van der Waals surface area contributed by atoms with Crippen molar-refractivity contribution in [1.29, 1.82) is 0 Å². The zero-order chi connectivity index (χ0) is 15.1. The number of hydrogen-bond acceptors (Lipinski definition) is 4. The molecule has 0 atom stereocenters. The van der Waals surface area contributed by atoms with Crippen LogP contribution in [0.4, 0.5) is 11.4 Å². The fourth-order valence-corrected chi connectivity index (χ4v) is 2.23. The van der Waals surface area contributed by atoms with Gasteiger partial charge in [-0.3, -0.25) is 0 Å². The Morgan fingerprint density at radius 1 is 1.35 bits per heavy atom. The minimum Gasteiger partial charge on any atom is -0.465 e. The summed E-state index contributed by atoms with van der Waals surface area (Å²) in [6.45, 7) is 7.40. The molecule has 0 saturated heterocycles. The van der Waals surface area contributed by atoms with Crippen LogP contribution in [0.2, 0.25) is 0 Å². The van der Waals surface area contributed by atoms with E-state index in [2.05, 4.69) is 25.7 Å². The van der Waals surface area contributed by atoms with Crippen LogP contribution in [0.15, 0.2) is 18.2 Å². The van der Waals surface area contributed by atoms with Gasteiger partial charge in [0.05, 0.1) is 24.0 Å². The number of carbonyl (C=O) groups excluding carboxylic acids is 1. The Labute approximate surface area is 121 Å². The van der Waals surface area contributed by atoms with Crippen LogP contribution in [0.5, 0.6) is 0 Å². The van der Waals surface area contributed by atoms with Crippen molar-refractivity contribution in [1.82, 2.24) is 0 Å². The van der Waals surface area contributed by atoms with Crippen LogP contribution in [0, 0.1) is 0 Å². The highest BCUT2D eigenvalue weighted by atomic mass is 16.5. The van der Waals surface area contributed by atoms with E-state index in [4.69, 9.17) is 10.5 Å². The maximum absolute atomic E-state index is 11.6. The van der Waals surface area contributed by atoms with Crippen molar-refractivity contribution in [3.63, 3.8) is 0 Å². The van der Waals surface area contributed by atoms with E-state index >= 15 is 0 Å². The van der Waals surface area contributed by atoms with Gasteiger partial charge in [-0.1, -0.05) is 19.8 Å². The predicted octanol–water partition coefficient (Wildman–Crippen LogP) is 3.46. The van der Waals surface area contributed by atoms with Gasteiger partial charge in [0.1, 0.15) is 0 Å². The van der Waals surface area contributed by atoms with Crippen molar-refractivity contribution in [2.24, 2.45) is 0 Å². The van der Waals surface area contributed by atoms with Gasteiger partial charge in [-0.2, -0.15) is 0 Å². The van der Waals surface area contributed by atoms with E-state index in [1.807, 2.05) is 6.07 Å². The molecular weight excluding hydrogens is 252 g/mol. The monoisotopic (exact) mass is 278 g/mol. The lowest BCUT2D eigenvalue weighted by Gasteiger charge is -2.30. The summed E-state index contributed by atoms with van der Waals surface area (Å²) in [4.78, 5) is 13.9. The van der Waals surface area contributed by atoms with Gasteiger partial charge in [0.25, 0.3) is 0 Å². The second-order valence-corrected chi connectivity index (χ2v) is 5.26. The highest BCUT2D eigenvalue weighted by Crippen LogP contribution is 2.27. The fourth-order valence-electron chi connectivity index (χ4n) is 2.23. The molecule has 4 heteroatoms. The predicted molar refractivity (Wildman–Crippen MR) is 84.2 cm³/mol. The van der Waals surface area contributed by atoms with Gasteiger partial charge in [0.2, 0.25) is 0 Å². The summed E-state index contributed by atoms with van der Waals surface area (Å²) in [6, 6.07) is 5.64. The Morgan fingerprint density at radius 2 is 2.05 bits per heavy atom. The first-order valence-electron chi connectivity index (χ1n) is 7.25. The molecule has 0 aromatic heterocycles. The third-order valence-electron chi connectivity index (χ3n) is 3.39. The number of benzene rings is 1. The Hall–Kier alpha value is -1.71. The molecule has 0 fully saturated rings. The van der Waals surface area contributed by atoms with E-state index < -0.39 is 0 Å². The van der Waals surface area contributed by atoms with Gasteiger partial charge >= 0.3 is 5.97 Å². The quantitative estimate of drug-likeness (QED) is 0.471. The van der Waals surface area contributed by atoms with E-state index in [0.717, 1.165) is 18.7 Å². The van der Waals surface area contributed by atoms with Crippen LogP contribution < -0.4 is 10.6 Å². The molecule has 112 valence electrons. The Bertz CT molecular complexity index is 444. The van der Waals surface area contributed by atoms with Crippen molar-refractivity contribution in [3.8, 4) is 0 Å². The topological polar surface area (TPSA) is 55.6 Å². The summed E-state index contributed by atoms with van der Waals surface area (Å²) in [7, 11) is 1.39. The number of esters is 1. The molecule has 0 aliphatic heterocycles. The average Bonchev–Trinajstić information content (AvgIpc) is 2.43. The minimum atomic E-state index is -0.330. The smallest absolute Gasteiger partial charge is 0.337 e. The van der Waals surface area contributed by atoms with Gasteiger partial charge in [-0.15, -0.1) is 0 Å². The number of carbonyl (C=O) groups is 1. The van der Waals surface area contributed by atoms with Gasteiger partial charge in [0.15, 0.2) is 0 Å². The number of hydrogen-bond donors (Lipinski definition) is 1. The van der Waals surface area contributed by atoms with E-state index in [1.165, 1.54) is 20.0 Å². The number of ether oxygens (including phenoxy) is 1. The van der Waals surface area contributed by atoms with Crippen LogP contribution in [0.3, 0.4) is 0 Å². The highest BCUT2D eigenvalue weighted by molar-refractivity contribution is 5.92. The fraction of sp³-hybridized carbons (Fsp3) is 0.562. The largest absolute Gasteiger partial charge is 0.465 e. The zero-order valence-electron chi connectivity index (χ0n) is 13.0. The molecule has 0 radical (unpaired) electrons. The molecule has 0 aliphatic carbocycles. The second-order valence-electron chi connectivity index (χ2n) is 5.26. The lowest BCUT2D eigenvalue weighted by Crippen LogP contribution is -2.32. The molecule has 0 saturated carbocycles. The molecule has 0 aliphatic rings. The number of nitrogens with two attached hydrogens (primary N) is 1. The molecule has 0 heterocycles. The number of nitrogens with zero attached hydrogens (tertiary/aromatic N) is 1. The van der Waals surface area contributed by atoms with Gasteiger partial charge in [-0.25, -0.2) is 4.79 Å². The molecule has 4 nitrogen and oxygen atoms in total. The lowest BCUT2D eigenvalue weighted by molar-refractivity contribution is 0.0601. The lowest BCUT2D eigenvalue weighted by atomic mass is 10.1. The van der Waals surface area contributed by atoms with E-state index in [9.17, 15) is 4.79 Å². The Morgan fingerprint density at radius 3 is 2.60 bits per heavy atom. The maximum atomic E-state index is 11.6. The number of rotatable bonds is 7. The summed E-state index contributed by atoms with van der Waals surface area (Å²) in [5, 5.41) is 0. The normalized spacial score (nSPS) is 10.7. The minimum absolute atomic E-state index is 0.330. The summed E-state index contributed by atoms with van der Waals surface area (Å²) < 4.78 is 4.77. The van der Waals surface area contributed by atoms with Crippen molar-refractivity contribution < 1.29 is 9.53 Å². The molecule has 1 rings (SSSR count). The molecule has 0 unspecified atom stereocenters. The molecular formula is C16H26N2O2. The molecule has 20 heavy (non-hydrogen) atoms. The first-order valence-corrected chi connectivity index (χ1v) is 7.25. The molecule has 0 bridgehead atoms. The average molecular weight is 278 g/mol. The number of nitrogen functional groups attached to an aromatic ring is 1. The first-order chi connectivity index (χ1) is 9.51. The SMILES string of the molecule is CCCCCN(c1cc(C(=O)OC)ccc1N)C(C)C. The number of anilines is 2. The van der Waals surface area contributed by atoms with E-state index in [0.29, 0.717) is 17.3 Å². The molecule has 1 aromatic rings. The van der Waals surface area contributed by atoms with Crippen LogP contribution in [0.1, 0.15) is 50.4 Å².